The average Bonchev–Trinajstić information content (AvgIpc) is 2.93. The summed E-state index contributed by atoms with van der Waals surface area (Å²) >= 11 is 6.10. The summed E-state index contributed by atoms with van der Waals surface area (Å²) in [6, 6.07) is 10.1. The van der Waals surface area contributed by atoms with E-state index >= 15 is 0 Å². The van der Waals surface area contributed by atoms with Crippen molar-refractivity contribution in [3.8, 4) is 0 Å². The van der Waals surface area contributed by atoms with Crippen molar-refractivity contribution in [3.63, 3.8) is 0 Å². The molecule has 2 unspecified atom stereocenters. The van der Waals surface area contributed by atoms with E-state index < -0.39 is 15.3 Å². The summed E-state index contributed by atoms with van der Waals surface area (Å²) in [7, 11) is -3.65. The van der Waals surface area contributed by atoms with Crippen LogP contribution >= 0.6 is 11.6 Å². The molecule has 0 radical (unpaired) electrons. The first-order chi connectivity index (χ1) is 11.9. The van der Waals surface area contributed by atoms with Crippen LogP contribution in [0.1, 0.15) is 19.4 Å². The lowest BCUT2D eigenvalue weighted by Gasteiger charge is -2.30. The molecule has 1 aliphatic heterocycles. The normalized spacial score (nSPS) is 23.6. The fourth-order valence-corrected chi connectivity index (χ4v) is 5.52. The Hall–Kier alpha value is -1.67. The molecule has 0 bridgehead atoms. The molecule has 1 aliphatic rings. The van der Waals surface area contributed by atoms with Gasteiger partial charge in [0.1, 0.15) is 5.25 Å². The second kappa shape index (κ2) is 7.29. The van der Waals surface area contributed by atoms with Crippen molar-refractivity contribution < 1.29 is 8.42 Å². The van der Waals surface area contributed by atoms with Crippen molar-refractivity contribution in [1.29, 1.82) is 0 Å². The third-order valence-electron chi connectivity index (χ3n) is 4.32. The van der Waals surface area contributed by atoms with Crippen molar-refractivity contribution in [2.24, 2.45) is 0 Å². The minimum absolute atomic E-state index is 0.201. The predicted molar refractivity (Wildman–Crippen MR) is 99.8 cm³/mol. The molecular weight excluding hydrogens is 360 g/mol. The van der Waals surface area contributed by atoms with E-state index in [9.17, 15) is 8.42 Å². The molecule has 0 spiro atoms. The number of hydrogen-bond acceptors (Lipinski definition) is 5. The Kier molecular flexibility index (Phi) is 5.29. The van der Waals surface area contributed by atoms with Crippen LogP contribution < -0.4 is 15.2 Å². The van der Waals surface area contributed by atoms with Gasteiger partial charge in [0.25, 0.3) is 0 Å². The van der Waals surface area contributed by atoms with Crippen molar-refractivity contribution in [1.82, 2.24) is 15.8 Å². The van der Waals surface area contributed by atoms with Crippen molar-refractivity contribution in [3.05, 3.63) is 59.4 Å². The third kappa shape index (κ3) is 3.79. The highest BCUT2D eigenvalue weighted by molar-refractivity contribution is 7.93. The second-order valence-electron chi connectivity index (χ2n) is 6.22. The zero-order chi connectivity index (χ0) is 18.0. The van der Waals surface area contributed by atoms with Gasteiger partial charge in [-0.15, -0.1) is 0 Å². The van der Waals surface area contributed by atoms with Gasteiger partial charge in [-0.25, -0.2) is 8.42 Å². The van der Waals surface area contributed by atoms with E-state index in [2.05, 4.69) is 15.8 Å². The SMILES string of the molecule is CC1NNC(C)C1S(=O)(=O)N(Cc1cccnc1)c1cccc(Cl)c1. The van der Waals surface area contributed by atoms with Crippen LogP contribution in [0.3, 0.4) is 0 Å². The average molecular weight is 381 g/mol. The number of aromatic nitrogens is 1. The van der Waals surface area contributed by atoms with Crippen LogP contribution in [0.25, 0.3) is 0 Å². The van der Waals surface area contributed by atoms with Gasteiger partial charge in [0.2, 0.25) is 10.0 Å². The molecule has 2 atom stereocenters. The summed E-state index contributed by atoms with van der Waals surface area (Å²) in [5.41, 5.74) is 7.38. The van der Waals surface area contributed by atoms with Gasteiger partial charge in [-0.05, 0) is 43.7 Å². The maximum Gasteiger partial charge on any atom is 0.241 e. The van der Waals surface area contributed by atoms with Crippen LogP contribution in [0.4, 0.5) is 5.69 Å². The zero-order valence-corrected chi connectivity index (χ0v) is 15.6. The van der Waals surface area contributed by atoms with Crippen LogP contribution in [-0.2, 0) is 16.6 Å². The molecular formula is C17H21ClN4O2S. The molecule has 134 valence electrons. The molecule has 0 aliphatic carbocycles. The Morgan fingerprint density at radius 2 is 1.88 bits per heavy atom. The Balaban J connectivity index is 2.04. The number of hydrogen-bond donors (Lipinski definition) is 2. The minimum Gasteiger partial charge on any atom is -0.265 e. The van der Waals surface area contributed by atoms with Gasteiger partial charge in [0.05, 0.1) is 12.2 Å². The summed E-state index contributed by atoms with van der Waals surface area (Å²) in [6.45, 7) is 3.92. The molecule has 2 N–H and O–H groups in total. The largest absolute Gasteiger partial charge is 0.265 e. The van der Waals surface area contributed by atoms with Crippen molar-refractivity contribution in [2.75, 3.05) is 4.31 Å². The van der Waals surface area contributed by atoms with E-state index in [0.29, 0.717) is 10.7 Å². The summed E-state index contributed by atoms with van der Waals surface area (Å²) in [5.74, 6) is 0. The van der Waals surface area contributed by atoms with Crippen LogP contribution in [0.5, 0.6) is 0 Å². The van der Waals surface area contributed by atoms with E-state index in [1.165, 1.54) is 4.31 Å². The van der Waals surface area contributed by atoms with E-state index in [1.807, 2.05) is 19.9 Å². The highest BCUT2D eigenvalue weighted by Gasteiger charge is 2.43. The number of nitrogens with zero attached hydrogens (tertiary/aromatic N) is 2. The molecule has 3 rings (SSSR count). The maximum absolute atomic E-state index is 13.5. The maximum atomic E-state index is 13.5. The standard InChI is InChI=1S/C17H21ClN4O2S/c1-12-17(13(2)21-20-12)25(23,24)22(11-14-5-4-8-19-10-14)16-7-3-6-15(18)9-16/h3-10,12-13,17,20-21H,11H2,1-2H3. The number of nitrogens with one attached hydrogen (secondary N) is 2. The van der Waals surface area contributed by atoms with Crippen LogP contribution in [0.15, 0.2) is 48.8 Å². The number of halogens is 1. The highest BCUT2D eigenvalue weighted by Crippen LogP contribution is 2.29. The molecule has 1 fully saturated rings. The smallest absolute Gasteiger partial charge is 0.241 e. The minimum atomic E-state index is -3.65. The molecule has 1 saturated heterocycles. The Morgan fingerprint density at radius 3 is 2.48 bits per heavy atom. The fourth-order valence-electron chi connectivity index (χ4n) is 3.14. The highest BCUT2D eigenvalue weighted by atomic mass is 35.5. The molecule has 0 amide bonds. The molecule has 1 aromatic carbocycles. The molecule has 1 aromatic heterocycles. The van der Waals surface area contributed by atoms with Crippen LogP contribution in [0, 0.1) is 0 Å². The van der Waals surface area contributed by atoms with Gasteiger partial charge in [-0.3, -0.25) is 20.1 Å². The molecule has 2 heterocycles. The van der Waals surface area contributed by atoms with Gasteiger partial charge < -0.3 is 0 Å². The number of pyridine rings is 1. The van der Waals surface area contributed by atoms with E-state index in [0.717, 1.165) is 5.56 Å². The lowest BCUT2D eigenvalue weighted by molar-refractivity contribution is 0.553. The predicted octanol–water partition coefficient (Wildman–Crippen LogP) is 2.32. The molecule has 25 heavy (non-hydrogen) atoms. The lowest BCUT2D eigenvalue weighted by atomic mass is 10.2. The van der Waals surface area contributed by atoms with Crippen LogP contribution in [-0.4, -0.2) is 30.7 Å². The monoisotopic (exact) mass is 380 g/mol. The Labute approximate surface area is 153 Å². The van der Waals surface area contributed by atoms with Gasteiger partial charge in [-0.2, -0.15) is 0 Å². The van der Waals surface area contributed by atoms with Crippen molar-refractivity contribution in [2.45, 2.75) is 37.7 Å². The van der Waals surface area contributed by atoms with E-state index in [4.69, 9.17) is 11.6 Å². The Bertz CT molecular complexity index is 822. The summed E-state index contributed by atoms with van der Waals surface area (Å²) in [6.07, 6.45) is 3.34. The number of rotatable bonds is 5. The second-order valence-corrected chi connectivity index (χ2v) is 8.67. The Morgan fingerprint density at radius 1 is 1.16 bits per heavy atom. The van der Waals surface area contributed by atoms with E-state index in [-0.39, 0.29) is 18.6 Å². The van der Waals surface area contributed by atoms with Crippen LogP contribution in [0.2, 0.25) is 5.02 Å². The van der Waals surface area contributed by atoms with Gasteiger partial charge in [-0.1, -0.05) is 23.7 Å². The molecule has 0 saturated carbocycles. The summed E-state index contributed by atoms with van der Waals surface area (Å²) in [5, 5.41) is -0.101. The zero-order valence-electron chi connectivity index (χ0n) is 14.1. The molecule has 6 nitrogen and oxygen atoms in total. The third-order valence-corrected chi connectivity index (χ3v) is 7.01. The first kappa shape index (κ1) is 18.1. The van der Waals surface area contributed by atoms with Gasteiger partial charge in [0, 0.05) is 29.5 Å². The topological polar surface area (TPSA) is 74.3 Å². The number of hydrazine groups is 1. The summed E-state index contributed by atoms with van der Waals surface area (Å²) in [4.78, 5) is 4.09. The number of benzene rings is 1. The van der Waals surface area contributed by atoms with E-state index in [1.54, 1.807) is 42.7 Å². The fraction of sp³-hybridized carbons (Fsp3) is 0.353. The van der Waals surface area contributed by atoms with Gasteiger partial charge in [0.15, 0.2) is 0 Å². The molecule has 2 aromatic rings. The summed E-state index contributed by atoms with van der Waals surface area (Å²) < 4.78 is 28.3. The first-order valence-corrected chi connectivity index (χ1v) is 9.95. The first-order valence-electron chi connectivity index (χ1n) is 8.06. The number of anilines is 1. The lowest BCUT2D eigenvalue weighted by Crippen LogP contribution is -2.46. The van der Waals surface area contributed by atoms with Gasteiger partial charge >= 0.3 is 0 Å². The quantitative estimate of drug-likeness (QED) is 0.832. The number of sulfonamides is 1. The van der Waals surface area contributed by atoms with Crippen molar-refractivity contribution >= 4 is 27.3 Å². The molecule has 8 heteroatoms.